The van der Waals surface area contributed by atoms with E-state index in [9.17, 15) is 0 Å². The number of benzene rings is 2. The number of rotatable bonds is 3. The van der Waals surface area contributed by atoms with E-state index >= 15 is 0 Å². The summed E-state index contributed by atoms with van der Waals surface area (Å²) in [5.74, 6) is 0.810. The molecule has 0 aliphatic rings. The van der Waals surface area contributed by atoms with E-state index in [0.29, 0.717) is 5.56 Å². The van der Waals surface area contributed by atoms with Crippen LogP contribution in [-0.4, -0.2) is 4.98 Å². The fourth-order valence-corrected chi connectivity index (χ4v) is 3.92. The third kappa shape index (κ3) is 2.77. The molecule has 5 heteroatoms. The first-order valence-electron chi connectivity index (χ1n) is 6.02. The Kier molecular flexibility index (Phi) is 3.59. The molecule has 98 valence electrons. The number of fused-ring (bicyclic) bond motifs is 1. The van der Waals surface area contributed by atoms with E-state index in [1.54, 1.807) is 23.1 Å². The molecule has 3 nitrogen and oxygen atoms in total. The number of nitrogen functional groups attached to an aromatic ring is 1. The average Bonchev–Trinajstić information content (AvgIpc) is 2.87. The molecule has 1 heterocycles. The lowest BCUT2D eigenvalue weighted by molar-refractivity contribution is 1.29. The van der Waals surface area contributed by atoms with Crippen LogP contribution in [0.3, 0.4) is 0 Å². The standard InChI is InChI=1S/C15H11N3S2/c16-8-10-2-1-3-11(6-10)9-19-15-18-13-5-4-12(17)7-14(13)20-15/h1-7H,9,17H2. The van der Waals surface area contributed by atoms with Gasteiger partial charge < -0.3 is 5.73 Å². The van der Waals surface area contributed by atoms with Gasteiger partial charge in [-0.15, -0.1) is 11.3 Å². The normalized spacial score (nSPS) is 10.6. The van der Waals surface area contributed by atoms with Gasteiger partial charge in [-0.2, -0.15) is 5.26 Å². The second-order valence-corrected chi connectivity index (χ2v) is 6.56. The molecular formula is C15H11N3S2. The molecule has 0 radical (unpaired) electrons. The highest BCUT2D eigenvalue weighted by Gasteiger charge is 2.05. The van der Waals surface area contributed by atoms with Gasteiger partial charge in [-0.25, -0.2) is 4.98 Å². The third-order valence-corrected chi connectivity index (χ3v) is 5.04. The Morgan fingerprint density at radius 2 is 2.15 bits per heavy atom. The predicted molar refractivity (Wildman–Crippen MR) is 84.8 cm³/mol. The third-order valence-electron chi connectivity index (χ3n) is 2.81. The summed E-state index contributed by atoms with van der Waals surface area (Å²) in [6.45, 7) is 0. The van der Waals surface area contributed by atoms with Gasteiger partial charge >= 0.3 is 0 Å². The van der Waals surface area contributed by atoms with Gasteiger partial charge in [-0.1, -0.05) is 23.9 Å². The van der Waals surface area contributed by atoms with Gasteiger partial charge in [-0.05, 0) is 35.9 Å². The summed E-state index contributed by atoms with van der Waals surface area (Å²) in [4.78, 5) is 4.57. The van der Waals surface area contributed by atoms with Crippen LogP contribution in [-0.2, 0) is 5.75 Å². The maximum Gasteiger partial charge on any atom is 0.151 e. The lowest BCUT2D eigenvalue weighted by atomic mass is 10.2. The van der Waals surface area contributed by atoms with Crippen molar-refractivity contribution in [3.8, 4) is 6.07 Å². The van der Waals surface area contributed by atoms with Gasteiger partial charge in [0.2, 0.25) is 0 Å². The Morgan fingerprint density at radius 1 is 1.25 bits per heavy atom. The van der Waals surface area contributed by atoms with Crippen LogP contribution in [0.1, 0.15) is 11.1 Å². The number of anilines is 1. The number of aromatic nitrogens is 1. The van der Waals surface area contributed by atoms with Crippen molar-refractivity contribution in [2.24, 2.45) is 0 Å². The largest absolute Gasteiger partial charge is 0.399 e. The Balaban J connectivity index is 1.78. The van der Waals surface area contributed by atoms with Crippen molar-refractivity contribution in [2.45, 2.75) is 10.1 Å². The van der Waals surface area contributed by atoms with E-state index in [2.05, 4.69) is 11.1 Å². The smallest absolute Gasteiger partial charge is 0.151 e. The fourth-order valence-electron chi connectivity index (χ4n) is 1.86. The van der Waals surface area contributed by atoms with E-state index in [1.165, 1.54) is 0 Å². The van der Waals surface area contributed by atoms with Crippen LogP contribution in [0.15, 0.2) is 46.8 Å². The minimum atomic E-state index is 0.695. The first-order valence-corrected chi connectivity index (χ1v) is 7.83. The summed E-state index contributed by atoms with van der Waals surface area (Å²) in [7, 11) is 0. The molecule has 0 aliphatic carbocycles. The van der Waals surface area contributed by atoms with Gasteiger partial charge in [0.25, 0.3) is 0 Å². The Hall–Kier alpha value is -2.03. The second kappa shape index (κ2) is 5.53. The summed E-state index contributed by atoms with van der Waals surface area (Å²) < 4.78 is 2.13. The van der Waals surface area contributed by atoms with Crippen LogP contribution >= 0.6 is 23.1 Å². The van der Waals surface area contributed by atoms with Crippen LogP contribution in [0.25, 0.3) is 10.2 Å². The monoisotopic (exact) mass is 297 g/mol. The SMILES string of the molecule is N#Cc1cccc(CSc2nc3ccc(N)cc3s2)c1. The lowest BCUT2D eigenvalue weighted by Gasteiger charge is -1.98. The maximum absolute atomic E-state index is 8.89. The summed E-state index contributed by atoms with van der Waals surface area (Å²) in [5.41, 5.74) is 9.35. The molecule has 3 aromatic rings. The number of nitriles is 1. The molecule has 3 rings (SSSR count). The second-order valence-electron chi connectivity index (χ2n) is 4.31. The highest BCUT2D eigenvalue weighted by Crippen LogP contribution is 2.32. The summed E-state index contributed by atoms with van der Waals surface area (Å²) in [5, 5.41) is 8.89. The van der Waals surface area contributed by atoms with Crippen LogP contribution < -0.4 is 5.73 Å². The van der Waals surface area contributed by atoms with Crippen LogP contribution in [0, 0.1) is 11.3 Å². The van der Waals surface area contributed by atoms with Gasteiger partial charge in [-0.3, -0.25) is 0 Å². The molecule has 0 aliphatic heterocycles. The zero-order valence-electron chi connectivity index (χ0n) is 10.5. The zero-order chi connectivity index (χ0) is 13.9. The number of hydrogen-bond donors (Lipinski definition) is 1. The van der Waals surface area contributed by atoms with Gasteiger partial charge in [0.05, 0.1) is 21.8 Å². The fraction of sp³-hybridized carbons (Fsp3) is 0.0667. The molecule has 1 aromatic heterocycles. The van der Waals surface area contributed by atoms with Crippen molar-refractivity contribution in [1.29, 1.82) is 5.26 Å². The molecular weight excluding hydrogens is 286 g/mol. The molecule has 2 N–H and O–H groups in total. The Labute approximate surface area is 125 Å². The van der Waals surface area contributed by atoms with Crippen molar-refractivity contribution in [3.05, 3.63) is 53.6 Å². The van der Waals surface area contributed by atoms with E-state index in [4.69, 9.17) is 11.0 Å². The topological polar surface area (TPSA) is 62.7 Å². The van der Waals surface area contributed by atoms with Crippen molar-refractivity contribution < 1.29 is 0 Å². The van der Waals surface area contributed by atoms with Gasteiger partial charge in [0.1, 0.15) is 0 Å². The maximum atomic E-state index is 8.89. The Bertz CT molecular complexity index is 802. The highest BCUT2D eigenvalue weighted by molar-refractivity contribution is 8.00. The minimum absolute atomic E-state index is 0.695. The molecule has 0 saturated heterocycles. The quantitative estimate of drug-likeness (QED) is 0.585. The first-order chi connectivity index (χ1) is 9.74. The molecule has 0 fully saturated rings. The predicted octanol–water partition coefficient (Wildman–Crippen LogP) is 4.04. The summed E-state index contributed by atoms with van der Waals surface area (Å²) in [6, 6.07) is 15.6. The van der Waals surface area contributed by atoms with E-state index in [0.717, 1.165) is 31.6 Å². The number of nitrogens with zero attached hydrogens (tertiary/aromatic N) is 2. The molecule has 0 amide bonds. The molecule has 20 heavy (non-hydrogen) atoms. The van der Waals surface area contributed by atoms with Crippen molar-refractivity contribution >= 4 is 39.0 Å². The van der Waals surface area contributed by atoms with Crippen LogP contribution in [0.5, 0.6) is 0 Å². The first kappa shape index (κ1) is 13.0. The van der Waals surface area contributed by atoms with E-state index in [1.807, 2.05) is 42.5 Å². The average molecular weight is 297 g/mol. The summed E-state index contributed by atoms with van der Waals surface area (Å²) >= 11 is 3.33. The minimum Gasteiger partial charge on any atom is -0.399 e. The van der Waals surface area contributed by atoms with Crippen molar-refractivity contribution in [1.82, 2.24) is 4.98 Å². The number of thioether (sulfide) groups is 1. The number of hydrogen-bond acceptors (Lipinski definition) is 5. The van der Waals surface area contributed by atoms with Crippen LogP contribution in [0.4, 0.5) is 5.69 Å². The molecule has 0 bridgehead atoms. The van der Waals surface area contributed by atoms with Crippen LogP contribution in [0.2, 0.25) is 0 Å². The van der Waals surface area contributed by atoms with E-state index in [-0.39, 0.29) is 0 Å². The van der Waals surface area contributed by atoms with Crippen molar-refractivity contribution in [3.63, 3.8) is 0 Å². The number of nitrogens with two attached hydrogens (primary N) is 1. The highest BCUT2D eigenvalue weighted by atomic mass is 32.2. The van der Waals surface area contributed by atoms with Crippen molar-refractivity contribution in [2.75, 3.05) is 5.73 Å². The summed E-state index contributed by atoms with van der Waals surface area (Å²) in [6.07, 6.45) is 0. The Morgan fingerprint density at radius 3 is 3.00 bits per heavy atom. The van der Waals surface area contributed by atoms with E-state index < -0.39 is 0 Å². The van der Waals surface area contributed by atoms with Gasteiger partial charge in [0.15, 0.2) is 4.34 Å². The molecule has 0 saturated carbocycles. The number of thiazole rings is 1. The lowest BCUT2D eigenvalue weighted by Crippen LogP contribution is -1.82. The molecule has 0 unspecified atom stereocenters. The zero-order valence-corrected chi connectivity index (χ0v) is 12.2. The molecule has 2 aromatic carbocycles. The molecule has 0 spiro atoms. The molecule has 0 atom stereocenters. The van der Waals surface area contributed by atoms with Gasteiger partial charge in [0, 0.05) is 11.4 Å².